The molecule has 1 N–H and O–H groups in total. The standard InChI is InChI=1S/C13H21NO3S/c1-5-12-7-6-11(9-15)8-13(12)18(16,17)14(4)10(2)3/h6-8,10,15H,5,9H2,1-4H3. The maximum atomic E-state index is 12.5. The summed E-state index contributed by atoms with van der Waals surface area (Å²) >= 11 is 0. The Kier molecular flexibility index (Phi) is 4.90. The Hall–Kier alpha value is -0.910. The van der Waals surface area contributed by atoms with Gasteiger partial charge in [0.05, 0.1) is 11.5 Å². The summed E-state index contributed by atoms with van der Waals surface area (Å²) < 4.78 is 26.3. The van der Waals surface area contributed by atoms with Crippen LogP contribution in [-0.4, -0.2) is 30.9 Å². The van der Waals surface area contributed by atoms with Crippen molar-refractivity contribution >= 4 is 10.0 Å². The molecule has 102 valence electrons. The van der Waals surface area contributed by atoms with E-state index in [1.807, 2.05) is 20.8 Å². The summed E-state index contributed by atoms with van der Waals surface area (Å²) in [5.74, 6) is 0. The largest absolute Gasteiger partial charge is 0.392 e. The van der Waals surface area contributed by atoms with Crippen LogP contribution in [0.4, 0.5) is 0 Å². The van der Waals surface area contributed by atoms with Crippen LogP contribution in [0.3, 0.4) is 0 Å². The second kappa shape index (κ2) is 5.82. The minimum atomic E-state index is -3.49. The van der Waals surface area contributed by atoms with Gasteiger partial charge in [-0.15, -0.1) is 0 Å². The lowest BCUT2D eigenvalue weighted by Gasteiger charge is -2.22. The van der Waals surface area contributed by atoms with Gasteiger partial charge in [0.1, 0.15) is 0 Å². The Morgan fingerprint density at radius 2 is 1.94 bits per heavy atom. The van der Waals surface area contributed by atoms with Gasteiger partial charge in [0, 0.05) is 13.1 Å². The van der Waals surface area contributed by atoms with Gasteiger partial charge in [-0.05, 0) is 37.5 Å². The monoisotopic (exact) mass is 271 g/mol. The molecule has 0 aliphatic rings. The highest BCUT2D eigenvalue weighted by Crippen LogP contribution is 2.23. The molecule has 1 aromatic rings. The lowest BCUT2D eigenvalue weighted by Crippen LogP contribution is -2.33. The highest BCUT2D eigenvalue weighted by Gasteiger charge is 2.25. The molecular weight excluding hydrogens is 250 g/mol. The van der Waals surface area contributed by atoms with E-state index in [4.69, 9.17) is 5.11 Å². The van der Waals surface area contributed by atoms with Crippen LogP contribution in [0.5, 0.6) is 0 Å². The third-order valence-electron chi connectivity index (χ3n) is 3.08. The van der Waals surface area contributed by atoms with Crippen molar-refractivity contribution in [2.75, 3.05) is 7.05 Å². The molecule has 0 aliphatic heterocycles. The summed E-state index contributed by atoms with van der Waals surface area (Å²) in [6.45, 7) is 5.43. The van der Waals surface area contributed by atoms with Gasteiger partial charge in [0.25, 0.3) is 0 Å². The number of aryl methyl sites for hydroxylation is 1. The van der Waals surface area contributed by atoms with E-state index in [9.17, 15) is 8.42 Å². The number of nitrogens with zero attached hydrogens (tertiary/aromatic N) is 1. The third kappa shape index (κ3) is 2.91. The minimum Gasteiger partial charge on any atom is -0.392 e. The Morgan fingerprint density at radius 3 is 2.39 bits per heavy atom. The summed E-state index contributed by atoms with van der Waals surface area (Å²) in [7, 11) is -1.92. The lowest BCUT2D eigenvalue weighted by atomic mass is 10.1. The number of sulfonamides is 1. The van der Waals surface area contributed by atoms with Crippen molar-refractivity contribution in [2.24, 2.45) is 0 Å². The molecule has 5 heteroatoms. The lowest BCUT2D eigenvalue weighted by molar-refractivity contribution is 0.281. The second-order valence-corrected chi connectivity index (χ2v) is 6.53. The Labute approximate surface area is 109 Å². The van der Waals surface area contributed by atoms with Gasteiger partial charge in [-0.2, -0.15) is 4.31 Å². The van der Waals surface area contributed by atoms with E-state index in [0.29, 0.717) is 16.9 Å². The quantitative estimate of drug-likeness (QED) is 0.888. The molecule has 0 aromatic heterocycles. The number of rotatable bonds is 5. The maximum Gasteiger partial charge on any atom is 0.243 e. The van der Waals surface area contributed by atoms with Gasteiger partial charge in [0.2, 0.25) is 10.0 Å². The van der Waals surface area contributed by atoms with Crippen molar-refractivity contribution in [3.8, 4) is 0 Å². The summed E-state index contributed by atoms with van der Waals surface area (Å²) in [6, 6.07) is 4.99. The number of hydrogen-bond donors (Lipinski definition) is 1. The number of hydrogen-bond acceptors (Lipinski definition) is 3. The van der Waals surface area contributed by atoms with Crippen molar-refractivity contribution in [3.63, 3.8) is 0 Å². The molecule has 0 fully saturated rings. The first-order valence-electron chi connectivity index (χ1n) is 6.05. The normalized spacial score (nSPS) is 12.4. The van der Waals surface area contributed by atoms with Crippen molar-refractivity contribution in [1.82, 2.24) is 4.31 Å². The van der Waals surface area contributed by atoms with Gasteiger partial charge < -0.3 is 5.11 Å². The maximum absolute atomic E-state index is 12.5. The summed E-state index contributed by atoms with van der Waals surface area (Å²) in [6.07, 6.45) is 0.645. The van der Waals surface area contributed by atoms with Crippen LogP contribution in [0.1, 0.15) is 31.9 Å². The number of benzene rings is 1. The van der Waals surface area contributed by atoms with Crippen LogP contribution in [0.2, 0.25) is 0 Å². The molecule has 0 spiro atoms. The molecule has 0 saturated heterocycles. The Bertz CT molecular complexity index is 509. The van der Waals surface area contributed by atoms with E-state index in [0.717, 1.165) is 5.56 Å². The minimum absolute atomic E-state index is 0.0995. The molecule has 0 atom stereocenters. The molecule has 0 aliphatic carbocycles. The fourth-order valence-electron chi connectivity index (χ4n) is 1.66. The van der Waals surface area contributed by atoms with Crippen LogP contribution in [0, 0.1) is 0 Å². The van der Waals surface area contributed by atoms with Crippen LogP contribution in [0.15, 0.2) is 23.1 Å². The highest BCUT2D eigenvalue weighted by molar-refractivity contribution is 7.89. The molecule has 0 unspecified atom stereocenters. The summed E-state index contributed by atoms with van der Waals surface area (Å²) in [4.78, 5) is 0.299. The molecule has 1 rings (SSSR count). The predicted octanol–water partition coefficient (Wildman–Crippen LogP) is 1.77. The fourth-order valence-corrected chi connectivity index (χ4v) is 3.37. The molecular formula is C13H21NO3S. The SMILES string of the molecule is CCc1ccc(CO)cc1S(=O)(=O)N(C)C(C)C. The van der Waals surface area contributed by atoms with E-state index < -0.39 is 10.0 Å². The molecule has 0 amide bonds. The van der Waals surface area contributed by atoms with E-state index in [2.05, 4.69) is 0 Å². The average molecular weight is 271 g/mol. The first-order chi connectivity index (χ1) is 8.34. The number of aliphatic hydroxyl groups excluding tert-OH is 1. The average Bonchev–Trinajstić information content (AvgIpc) is 2.36. The molecule has 0 saturated carbocycles. The summed E-state index contributed by atoms with van der Waals surface area (Å²) in [5.41, 5.74) is 1.39. The zero-order valence-electron chi connectivity index (χ0n) is 11.3. The van der Waals surface area contributed by atoms with Gasteiger partial charge in [-0.3, -0.25) is 0 Å². The Balaban J connectivity index is 3.38. The van der Waals surface area contributed by atoms with E-state index in [1.165, 1.54) is 4.31 Å². The van der Waals surface area contributed by atoms with Crippen molar-refractivity contribution in [1.29, 1.82) is 0 Å². The van der Waals surface area contributed by atoms with Crippen LogP contribution < -0.4 is 0 Å². The first-order valence-corrected chi connectivity index (χ1v) is 7.49. The molecule has 0 radical (unpaired) electrons. The molecule has 0 heterocycles. The van der Waals surface area contributed by atoms with Crippen molar-refractivity contribution < 1.29 is 13.5 Å². The number of aliphatic hydroxyl groups is 1. The first kappa shape index (κ1) is 15.1. The molecule has 18 heavy (non-hydrogen) atoms. The van der Waals surface area contributed by atoms with E-state index in [1.54, 1.807) is 25.2 Å². The van der Waals surface area contributed by atoms with Gasteiger partial charge in [0.15, 0.2) is 0 Å². The highest BCUT2D eigenvalue weighted by atomic mass is 32.2. The molecule has 1 aromatic carbocycles. The molecule has 4 nitrogen and oxygen atoms in total. The van der Waals surface area contributed by atoms with Gasteiger partial charge >= 0.3 is 0 Å². The second-order valence-electron chi connectivity index (χ2n) is 4.57. The van der Waals surface area contributed by atoms with Gasteiger partial charge in [-0.1, -0.05) is 19.1 Å². The van der Waals surface area contributed by atoms with E-state index in [-0.39, 0.29) is 12.6 Å². The predicted molar refractivity (Wildman–Crippen MR) is 71.8 cm³/mol. The fraction of sp³-hybridized carbons (Fsp3) is 0.538. The zero-order chi connectivity index (χ0) is 13.9. The van der Waals surface area contributed by atoms with E-state index >= 15 is 0 Å². The third-order valence-corrected chi connectivity index (χ3v) is 5.20. The smallest absolute Gasteiger partial charge is 0.243 e. The molecule has 0 bridgehead atoms. The zero-order valence-corrected chi connectivity index (χ0v) is 12.2. The van der Waals surface area contributed by atoms with Crippen molar-refractivity contribution in [2.45, 2.75) is 44.7 Å². The van der Waals surface area contributed by atoms with Crippen LogP contribution >= 0.6 is 0 Å². The van der Waals surface area contributed by atoms with Crippen molar-refractivity contribution in [3.05, 3.63) is 29.3 Å². The van der Waals surface area contributed by atoms with Crippen LogP contribution in [0.25, 0.3) is 0 Å². The Morgan fingerprint density at radius 1 is 1.33 bits per heavy atom. The topological polar surface area (TPSA) is 57.6 Å². The van der Waals surface area contributed by atoms with Crippen LogP contribution in [-0.2, 0) is 23.1 Å². The van der Waals surface area contributed by atoms with Gasteiger partial charge in [-0.25, -0.2) is 8.42 Å². The summed E-state index contributed by atoms with van der Waals surface area (Å²) in [5, 5.41) is 9.13.